The number of anilines is 2. The van der Waals surface area contributed by atoms with Crippen molar-refractivity contribution in [1.82, 2.24) is 0 Å². The first-order chi connectivity index (χ1) is 17.0. The predicted molar refractivity (Wildman–Crippen MR) is 144 cm³/mol. The Morgan fingerprint density at radius 2 is 1.83 bits per heavy atom. The Balaban J connectivity index is 1.93. The number of nitrogens with two attached hydrogens (primary N) is 1. The van der Waals surface area contributed by atoms with Gasteiger partial charge in [-0.2, -0.15) is 0 Å². The molecule has 0 aromatic heterocycles. The minimum absolute atomic E-state index is 0.0505. The second kappa shape index (κ2) is 8.59. The molecule has 2 aromatic carbocycles. The molecule has 0 radical (unpaired) electrons. The van der Waals surface area contributed by atoms with Crippen LogP contribution in [0.25, 0.3) is 0 Å². The molecule has 0 fully saturated rings. The zero-order chi connectivity index (χ0) is 26.0. The van der Waals surface area contributed by atoms with Crippen molar-refractivity contribution >= 4 is 60.9 Å². The van der Waals surface area contributed by atoms with E-state index in [1.54, 1.807) is 30.0 Å². The quantitative estimate of drug-likeness (QED) is 0.455. The second-order valence-corrected chi connectivity index (χ2v) is 11.8. The Bertz CT molecular complexity index is 1410. The zero-order valence-electron chi connectivity index (χ0n) is 20.1. The second-order valence-electron chi connectivity index (χ2n) is 9.95. The molecule has 0 saturated heterocycles. The van der Waals surface area contributed by atoms with Gasteiger partial charge in [-0.15, -0.1) is 0 Å². The summed E-state index contributed by atoms with van der Waals surface area (Å²) >= 11 is 7.01. The van der Waals surface area contributed by atoms with E-state index in [1.165, 1.54) is 0 Å². The molecular formula is C27H25Br2N3O4. The predicted octanol–water partition coefficient (Wildman–Crippen LogP) is 5.30. The van der Waals surface area contributed by atoms with Gasteiger partial charge in [0.05, 0.1) is 6.61 Å². The van der Waals surface area contributed by atoms with Crippen molar-refractivity contribution in [2.75, 3.05) is 16.8 Å². The number of hydrogen-bond acceptors (Lipinski definition) is 6. The molecule has 0 bridgehead atoms. The van der Waals surface area contributed by atoms with E-state index < -0.39 is 17.3 Å². The first kappa shape index (κ1) is 24.8. The molecule has 1 spiro atoms. The van der Waals surface area contributed by atoms with Crippen molar-refractivity contribution in [2.24, 2.45) is 11.1 Å². The number of nitrogens with zero attached hydrogens (tertiary/aromatic N) is 1. The Labute approximate surface area is 226 Å². The van der Waals surface area contributed by atoms with Crippen molar-refractivity contribution in [3.05, 3.63) is 79.6 Å². The number of carbonyl (C=O) groups excluding carboxylic acids is 3. The van der Waals surface area contributed by atoms with Crippen LogP contribution in [0.2, 0.25) is 0 Å². The number of allylic oxidation sites excluding steroid dienone is 1. The maximum atomic E-state index is 14.0. The first-order valence-corrected chi connectivity index (χ1v) is 13.2. The summed E-state index contributed by atoms with van der Waals surface area (Å²) in [7, 11) is 0. The number of carbonyl (C=O) groups is 3. The third-order valence-corrected chi connectivity index (χ3v) is 7.88. The molecule has 36 heavy (non-hydrogen) atoms. The number of rotatable bonds is 3. The number of amides is 1. The number of esters is 1. The van der Waals surface area contributed by atoms with Gasteiger partial charge in [-0.3, -0.25) is 14.5 Å². The van der Waals surface area contributed by atoms with Crippen LogP contribution in [0.5, 0.6) is 0 Å². The number of benzene rings is 2. The number of ether oxygens (including phenoxy) is 1. The Morgan fingerprint density at radius 3 is 2.53 bits per heavy atom. The lowest BCUT2D eigenvalue weighted by atomic mass is 9.60. The van der Waals surface area contributed by atoms with Crippen molar-refractivity contribution in [3.8, 4) is 0 Å². The Morgan fingerprint density at radius 1 is 1.11 bits per heavy atom. The van der Waals surface area contributed by atoms with Crippen LogP contribution in [-0.4, -0.2) is 24.3 Å². The maximum absolute atomic E-state index is 14.0. The molecule has 0 saturated carbocycles. The van der Waals surface area contributed by atoms with Gasteiger partial charge in [0, 0.05) is 43.6 Å². The molecule has 3 aliphatic rings. The van der Waals surface area contributed by atoms with E-state index in [-0.39, 0.29) is 41.2 Å². The number of halogens is 2. The highest BCUT2D eigenvalue weighted by atomic mass is 79.9. The number of fused-ring (bicyclic) bond motifs is 3. The fourth-order valence-corrected chi connectivity index (χ4v) is 6.37. The lowest BCUT2D eigenvalue weighted by Gasteiger charge is -2.47. The van der Waals surface area contributed by atoms with Crippen LogP contribution in [0.1, 0.15) is 39.2 Å². The van der Waals surface area contributed by atoms with Crippen molar-refractivity contribution < 1.29 is 19.1 Å². The molecule has 3 N–H and O–H groups in total. The fraction of sp³-hybridized carbons (Fsp3) is 0.296. The van der Waals surface area contributed by atoms with E-state index >= 15 is 0 Å². The highest BCUT2D eigenvalue weighted by molar-refractivity contribution is 9.10. The summed E-state index contributed by atoms with van der Waals surface area (Å²) in [5.74, 6) is -1.35. The lowest BCUT2D eigenvalue weighted by Crippen LogP contribution is -2.54. The van der Waals surface area contributed by atoms with Crippen LogP contribution in [0.15, 0.2) is 74.1 Å². The standard InChI is InChI=1S/C27H25Br2N3O4/c1-4-36-24(34)22-23(30)32(16-7-5-6-14(28)10-16)19-12-26(2,3)13-20(33)21(19)27(22)17-11-15(29)8-9-18(17)31-25(27)35/h5-11H,4,12-13,30H2,1-3H3,(H,31,35). The van der Waals surface area contributed by atoms with Gasteiger partial charge < -0.3 is 15.8 Å². The molecule has 2 aliphatic heterocycles. The van der Waals surface area contributed by atoms with Gasteiger partial charge >= 0.3 is 5.97 Å². The highest BCUT2D eigenvalue weighted by Crippen LogP contribution is 2.57. The largest absolute Gasteiger partial charge is 0.462 e. The van der Waals surface area contributed by atoms with Crippen LogP contribution in [0.4, 0.5) is 11.4 Å². The molecule has 2 aromatic rings. The maximum Gasteiger partial charge on any atom is 0.339 e. The van der Waals surface area contributed by atoms with Crippen molar-refractivity contribution in [2.45, 2.75) is 39.0 Å². The Hall–Kier alpha value is -2.91. The molecule has 7 nitrogen and oxygen atoms in total. The lowest BCUT2D eigenvalue weighted by molar-refractivity contribution is -0.140. The van der Waals surface area contributed by atoms with Gasteiger partial charge in [0.1, 0.15) is 16.8 Å². The van der Waals surface area contributed by atoms with Crippen LogP contribution >= 0.6 is 31.9 Å². The van der Waals surface area contributed by atoms with E-state index in [2.05, 4.69) is 37.2 Å². The average molecular weight is 615 g/mol. The van der Waals surface area contributed by atoms with Gasteiger partial charge in [0.25, 0.3) is 0 Å². The van der Waals surface area contributed by atoms with Crippen molar-refractivity contribution in [1.29, 1.82) is 0 Å². The van der Waals surface area contributed by atoms with Gasteiger partial charge in [0.15, 0.2) is 5.78 Å². The molecule has 9 heteroatoms. The molecular weight excluding hydrogens is 590 g/mol. The SMILES string of the molecule is CCOC(=O)C1=C(N)N(c2cccc(Br)c2)C2=C(C(=O)CC(C)(C)C2)C12C(=O)Nc1ccc(Br)cc12. The monoisotopic (exact) mass is 613 g/mol. The number of Topliss-reactive ketones (excluding diaryl/α,β-unsaturated/α-hetero) is 1. The summed E-state index contributed by atoms with van der Waals surface area (Å²) in [4.78, 5) is 43.4. The number of nitrogens with one attached hydrogen (secondary N) is 1. The van der Waals surface area contributed by atoms with Gasteiger partial charge in [-0.05, 0) is 55.2 Å². The van der Waals surface area contributed by atoms with Crippen LogP contribution in [-0.2, 0) is 24.5 Å². The van der Waals surface area contributed by atoms with E-state index in [9.17, 15) is 14.4 Å². The zero-order valence-corrected chi connectivity index (χ0v) is 23.2. The van der Waals surface area contributed by atoms with E-state index in [1.807, 2.05) is 38.1 Å². The minimum atomic E-state index is -1.72. The summed E-state index contributed by atoms with van der Waals surface area (Å²) < 4.78 is 6.97. The minimum Gasteiger partial charge on any atom is -0.462 e. The number of hydrogen-bond donors (Lipinski definition) is 2. The van der Waals surface area contributed by atoms with E-state index in [0.717, 1.165) is 4.47 Å². The van der Waals surface area contributed by atoms with E-state index in [4.69, 9.17) is 10.5 Å². The molecule has 1 unspecified atom stereocenters. The summed E-state index contributed by atoms with van der Waals surface area (Å²) in [5.41, 5.74) is 7.28. The normalized spacial score (nSPS) is 22.5. The van der Waals surface area contributed by atoms with Gasteiger partial charge in [-0.25, -0.2) is 4.79 Å². The van der Waals surface area contributed by atoms with Crippen molar-refractivity contribution in [3.63, 3.8) is 0 Å². The molecule has 186 valence electrons. The van der Waals surface area contributed by atoms with Gasteiger partial charge in [-0.1, -0.05) is 51.8 Å². The van der Waals surface area contributed by atoms with Crippen LogP contribution < -0.4 is 16.0 Å². The molecule has 5 rings (SSSR count). The summed E-state index contributed by atoms with van der Waals surface area (Å²) in [5, 5.41) is 2.90. The third kappa shape index (κ3) is 3.55. The summed E-state index contributed by atoms with van der Waals surface area (Å²) in [6.07, 6.45) is 0.711. The number of ketones is 1. The van der Waals surface area contributed by atoms with Gasteiger partial charge in [0.2, 0.25) is 5.91 Å². The summed E-state index contributed by atoms with van der Waals surface area (Å²) in [6.45, 7) is 5.80. The molecule has 1 amide bonds. The fourth-order valence-electron chi connectivity index (χ4n) is 5.62. The highest BCUT2D eigenvalue weighted by Gasteiger charge is 2.63. The van der Waals surface area contributed by atoms with Crippen LogP contribution in [0, 0.1) is 5.41 Å². The average Bonchev–Trinajstić information content (AvgIpc) is 3.04. The smallest absolute Gasteiger partial charge is 0.339 e. The Kier molecular flexibility index (Phi) is 5.91. The topological polar surface area (TPSA) is 102 Å². The van der Waals surface area contributed by atoms with E-state index in [0.29, 0.717) is 33.5 Å². The third-order valence-electron chi connectivity index (χ3n) is 6.89. The molecule has 2 heterocycles. The first-order valence-electron chi connectivity index (χ1n) is 11.6. The van der Waals surface area contributed by atoms with Crippen LogP contribution in [0.3, 0.4) is 0 Å². The molecule has 1 aliphatic carbocycles. The summed E-state index contributed by atoms with van der Waals surface area (Å²) in [6, 6.07) is 12.8. The molecule has 1 atom stereocenters.